The van der Waals surface area contributed by atoms with Gasteiger partial charge in [-0.25, -0.2) is 10.4 Å². The number of aliphatic hydroxyl groups excluding tert-OH is 1. The molecule has 1 aliphatic rings. The summed E-state index contributed by atoms with van der Waals surface area (Å²) in [7, 11) is 0. The predicted molar refractivity (Wildman–Crippen MR) is 194 cm³/mol. The number of azide groups is 1. The van der Waals surface area contributed by atoms with Crippen molar-refractivity contribution in [2.75, 3.05) is 13.2 Å². The molecular weight excluding hydrogens is 685 g/mol. The lowest BCUT2D eigenvalue weighted by Crippen LogP contribution is -2.53. The van der Waals surface area contributed by atoms with Crippen LogP contribution in [0.15, 0.2) is 138 Å². The molecule has 5 aromatic rings. The summed E-state index contributed by atoms with van der Waals surface area (Å²) in [6.07, 6.45) is -5.27. The Labute approximate surface area is 303 Å². The van der Waals surface area contributed by atoms with Crippen molar-refractivity contribution in [3.63, 3.8) is 0 Å². The molecule has 0 radical (unpaired) electrons. The summed E-state index contributed by atoms with van der Waals surface area (Å²) in [5.41, 5.74) is 15.8. The van der Waals surface area contributed by atoms with Crippen molar-refractivity contribution in [3.05, 3.63) is 166 Å². The van der Waals surface area contributed by atoms with Gasteiger partial charge in [-0.1, -0.05) is 102 Å². The maximum Gasteiger partial charge on any atom is 0.416 e. The largest absolute Gasteiger partial charge is 0.494 e. The highest BCUT2D eigenvalue weighted by Gasteiger charge is 2.53. The van der Waals surface area contributed by atoms with Crippen LogP contribution in [0.2, 0.25) is 0 Å². The van der Waals surface area contributed by atoms with E-state index in [4.69, 9.17) is 19.6 Å². The van der Waals surface area contributed by atoms with E-state index in [0.717, 1.165) is 17.2 Å². The van der Waals surface area contributed by atoms with Crippen LogP contribution in [-0.2, 0) is 28.7 Å². The Morgan fingerprint density at radius 1 is 0.868 bits per heavy atom. The van der Waals surface area contributed by atoms with Crippen LogP contribution in [0.4, 0.5) is 18.9 Å². The van der Waals surface area contributed by atoms with Gasteiger partial charge in [0.25, 0.3) is 5.91 Å². The third-order valence-corrected chi connectivity index (χ3v) is 8.76. The van der Waals surface area contributed by atoms with Gasteiger partial charge >= 0.3 is 6.18 Å². The lowest BCUT2D eigenvalue weighted by molar-refractivity contribution is -0.138. The fourth-order valence-corrected chi connectivity index (χ4v) is 6.14. The van der Waals surface area contributed by atoms with Crippen molar-refractivity contribution in [1.82, 2.24) is 10.9 Å². The molecule has 0 unspecified atom stereocenters. The Bertz CT molecular complexity index is 2100. The van der Waals surface area contributed by atoms with Crippen LogP contribution >= 0.6 is 0 Å². The zero-order valence-electron chi connectivity index (χ0n) is 28.3. The Hall–Kier alpha value is -6.14. The molecule has 53 heavy (non-hydrogen) atoms. The third-order valence-electron chi connectivity index (χ3n) is 8.76. The van der Waals surface area contributed by atoms with E-state index in [2.05, 4.69) is 20.9 Å². The Morgan fingerprint density at radius 2 is 1.51 bits per heavy atom. The third kappa shape index (κ3) is 8.50. The smallest absolute Gasteiger partial charge is 0.416 e. The second kappa shape index (κ2) is 16.5. The van der Waals surface area contributed by atoms with Gasteiger partial charge in [0, 0.05) is 42.2 Å². The molecule has 13 heteroatoms. The van der Waals surface area contributed by atoms with Crippen LogP contribution in [0.3, 0.4) is 0 Å². The highest BCUT2D eigenvalue weighted by Crippen LogP contribution is 2.44. The van der Waals surface area contributed by atoms with Crippen LogP contribution in [-0.4, -0.2) is 35.7 Å². The molecule has 1 amide bonds. The first-order valence-corrected chi connectivity index (χ1v) is 16.8. The second-order valence-electron chi connectivity index (χ2n) is 12.2. The van der Waals surface area contributed by atoms with E-state index in [1.807, 2.05) is 54.6 Å². The van der Waals surface area contributed by atoms with Gasteiger partial charge in [0.05, 0.1) is 12.2 Å². The van der Waals surface area contributed by atoms with E-state index in [0.29, 0.717) is 35.5 Å². The number of benzene rings is 5. The summed E-state index contributed by atoms with van der Waals surface area (Å²) in [6.45, 7) is -0.0197. The second-order valence-corrected chi connectivity index (χ2v) is 12.2. The quantitative estimate of drug-likeness (QED) is 0.0348. The van der Waals surface area contributed by atoms with Crippen LogP contribution in [0.5, 0.6) is 5.75 Å². The van der Waals surface area contributed by atoms with Gasteiger partial charge in [-0.2, -0.15) is 13.2 Å². The number of hydrogen-bond donors (Lipinski definition) is 3. The number of halogens is 3. The molecule has 3 N–H and O–H groups in total. The van der Waals surface area contributed by atoms with Crippen LogP contribution in [0.1, 0.15) is 40.3 Å². The highest BCUT2D eigenvalue weighted by atomic mass is 19.4. The van der Waals surface area contributed by atoms with Crippen LogP contribution in [0, 0.1) is 0 Å². The Kier molecular flexibility index (Phi) is 11.4. The van der Waals surface area contributed by atoms with Gasteiger partial charge in [0.15, 0.2) is 11.6 Å². The van der Waals surface area contributed by atoms with Crippen molar-refractivity contribution in [2.45, 2.75) is 37.2 Å². The Balaban J connectivity index is 1.42. The number of carbonyl (C=O) groups is 1. The van der Waals surface area contributed by atoms with Gasteiger partial charge < -0.3 is 14.6 Å². The normalized spacial score (nSPS) is 16.6. The summed E-state index contributed by atoms with van der Waals surface area (Å²) >= 11 is 0. The number of hydrogen-bond acceptors (Lipinski definition) is 7. The number of rotatable bonds is 14. The molecule has 270 valence electrons. The summed E-state index contributed by atoms with van der Waals surface area (Å²) in [5.74, 6) is 0.0150. The molecule has 0 bridgehead atoms. The lowest BCUT2D eigenvalue weighted by Gasteiger charge is -2.31. The number of ether oxygens (including phenoxy) is 2. The van der Waals surface area contributed by atoms with Crippen molar-refractivity contribution in [2.24, 2.45) is 10.1 Å². The van der Waals surface area contributed by atoms with E-state index < -0.39 is 29.3 Å². The molecule has 0 spiro atoms. The highest BCUT2D eigenvalue weighted by molar-refractivity contribution is 6.01. The van der Waals surface area contributed by atoms with E-state index in [-0.39, 0.29) is 36.7 Å². The van der Waals surface area contributed by atoms with Gasteiger partial charge in [-0.15, -0.1) is 0 Å². The Morgan fingerprint density at radius 3 is 2.21 bits per heavy atom. The standard InChI is InChI=1S/C40H35F3N6O4/c41-40(42,43)34-13-6-4-12-32(34)26-45-48-38(51)39(25-31-11-5-7-14-35(31)47-49-44)36(29-17-15-28(16-18-29)27-9-2-1-3-10-27)53-37(46-39)30-19-21-33(22-20-30)52-24-8-23-50/h1-7,9-22,36,45,50H,8,23-26H2,(H,48,51)/t36-,39-/m0/s1. The fourth-order valence-electron chi connectivity index (χ4n) is 6.14. The lowest BCUT2D eigenvalue weighted by atomic mass is 9.81. The number of hydrazine groups is 1. The number of alkyl halides is 3. The summed E-state index contributed by atoms with van der Waals surface area (Å²) in [4.78, 5) is 22.6. The average Bonchev–Trinajstić information content (AvgIpc) is 3.56. The molecule has 0 aromatic heterocycles. The number of aliphatic hydroxyl groups is 1. The molecule has 1 heterocycles. The summed E-state index contributed by atoms with van der Waals surface area (Å²) < 4.78 is 53.6. The summed E-state index contributed by atoms with van der Waals surface area (Å²) in [6, 6.07) is 36.0. The summed E-state index contributed by atoms with van der Waals surface area (Å²) in [5, 5.41) is 13.0. The number of nitrogens with zero attached hydrogens (tertiary/aromatic N) is 4. The molecule has 1 aliphatic heterocycles. The number of carbonyl (C=O) groups excluding carboxylic acids is 1. The zero-order chi connectivity index (χ0) is 37.3. The van der Waals surface area contributed by atoms with E-state index >= 15 is 0 Å². The van der Waals surface area contributed by atoms with Crippen molar-refractivity contribution in [1.29, 1.82) is 0 Å². The predicted octanol–water partition coefficient (Wildman–Crippen LogP) is 8.40. The van der Waals surface area contributed by atoms with Crippen molar-refractivity contribution in [3.8, 4) is 16.9 Å². The first kappa shape index (κ1) is 36.6. The first-order valence-electron chi connectivity index (χ1n) is 16.8. The van der Waals surface area contributed by atoms with Gasteiger partial charge in [-0.3, -0.25) is 10.2 Å². The maximum atomic E-state index is 14.6. The number of nitrogens with one attached hydrogen (secondary N) is 2. The zero-order valence-corrected chi connectivity index (χ0v) is 28.3. The van der Waals surface area contributed by atoms with Crippen LogP contribution < -0.4 is 15.6 Å². The fraction of sp³-hybridized carbons (Fsp3) is 0.200. The molecule has 0 fully saturated rings. The first-order chi connectivity index (χ1) is 25.7. The average molecular weight is 721 g/mol. The minimum atomic E-state index is -4.59. The van der Waals surface area contributed by atoms with Gasteiger partial charge in [0.1, 0.15) is 5.75 Å². The molecule has 10 nitrogen and oxygen atoms in total. The molecule has 5 aromatic carbocycles. The maximum absolute atomic E-state index is 14.6. The van der Waals surface area contributed by atoms with Crippen molar-refractivity contribution < 1.29 is 32.5 Å². The van der Waals surface area contributed by atoms with Gasteiger partial charge in [0.2, 0.25) is 5.90 Å². The molecule has 0 aliphatic carbocycles. The minimum Gasteiger partial charge on any atom is -0.494 e. The SMILES string of the molecule is [N-]=[N+]=Nc1ccccc1C[C@]1(C(=O)NNCc2ccccc2C(F)(F)F)N=C(c2ccc(OCCCO)cc2)O[C@H]1c1ccc(-c2ccccc2)cc1. The number of amides is 1. The van der Waals surface area contributed by atoms with E-state index in [9.17, 15) is 23.5 Å². The van der Waals surface area contributed by atoms with Crippen LogP contribution in [0.25, 0.3) is 21.6 Å². The molecule has 0 saturated heterocycles. The number of aliphatic imine (C=N–C) groups is 1. The van der Waals surface area contributed by atoms with E-state index in [1.54, 1.807) is 48.5 Å². The van der Waals surface area contributed by atoms with Gasteiger partial charge in [-0.05, 0) is 63.7 Å². The molecule has 6 rings (SSSR count). The minimum absolute atomic E-state index is 0.00685. The monoisotopic (exact) mass is 720 g/mol. The van der Waals surface area contributed by atoms with E-state index in [1.165, 1.54) is 18.2 Å². The van der Waals surface area contributed by atoms with Crippen molar-refractivity contribution >= 4 is 17.5 Å². The molecule has 0 saturated carbocycles. The molecule has 2 atom stereocenters. The molecular formula is C40H35F3N6O4. The topological polar surface area (TPSA) is 141 Å².